The Morgan fingerprint density at radius 1 is 1.44 bits per heavy atom. The third-order valence-corrected chi connectivity index (χ3v) is 6.30. The van der Waals surface area contributed by atoms with E-state index in [1.807, 2.05) is 13.1 Å². The summed E-state index contributed by atoms with van der Waals surface area (Å²) < 4.78 is 2.27. The molecule has 0 aliphatic carbocycles. The summed E-state index contributed by atoms with van der Waals surface area (Å²) in [6.45, 7) is 0. The summed E-state index contributed by atoms with van der Waals surface area (Å²) in [5.74, 6) is 0. The molecule has 1 nitrogen and oxygen atoms in total. The second-order valence-corrected chi connectivity index (χ2v) is 7.34. The predicted octanol–water partition coefficient (Wildman–Crippen LogP) is 5.27. The largest absolute Gasteiger partial charge is 0.313 e. The van der Waals surface area contributed by atoms with E-state index in [1.54, 1.807) is 11.3 Å². The minimum absolute atomic E-state index is 0.287. The van der Waals surface area contributed by atoms with Crippen LogP contribution in [-0.2, 0) is 6.42 Å². The molecule has 5 heteroatoms. The van der Waals surface area contributed by atoms with Gasteiger partial charge in [0.2, 0.25) is 0 Å². The summed E-state index contributed by atoms with van der Waals surface area (Å²) in [5, 5.41) is 6.28. The van der Waals surface area contributed by atoms with Gasteiger partial charge in [0.15, 0.2) is 0 Å². The van der Waals surface area contributed by atoms with E-state index >= 15 is 0 Å². The first-order chi connectivity index (χ1) is 8.61. The van der Waals surface area contributed by atoms with Crippen LogP contribution in [0.1, 0.15) is 16.5 Å². The number of thiophene rings is 1. The van der Waals surface area contributed by atoms with E-state index in [1.165, 1.54) is 14.9 Å². The van der Waals surface area contributed by atoms with Crippen LogP contribution in [0.15, 0.2) is 34.1 Å². The van der Waals surface area contributed by atoms with Gasteiger partial charge in [0.1, 0.15) is 0 Å². The van der Waals surface area contributed by atoms with Gasteiger partial charge in [-0.2, -0.15) is 0 Å². The Hall–Kier alpha value is 0.380. The maximum Gasteiger partial charge on any atom is 0.0542 e. The second-order valence-electron chi connectivity index (χ2n) is 3.91. The fourth-order valence-electron chi connectivity index (χ4n) is 1.77. The molecule has 1 N–H and O–H groups in total. The van der Waals surface area contributed by atoms with Gasteiger partial charge in [0.05, 0.1) is 5.02 Å². The Morgan fingerprint density at radius 2 is 2.22 bits per heavy atom. The highest BCUT2D eigenvalue weighted by Gasteiger charge is 2.14. The van der Waals surface area contributed by atoms with Crippen LogP contribution in [0.5, 0.6) is 0 Å². The fourth-order valence-corrected chi connectivity index (χ4v) is 3.86. The van der Waals surface area contributed by atoms with Gasteiger partial charge in [0, 0.05) is 25.4 Å². The van der Waals surface area contributed by atoms with E-state index < -0.39 is 0 Å². The summed E-state index contributed by atoms with van der Waals surface area (Å²) in [6.07, 6.45) is 0.964. The van der Waals surface area contributed by atoms with E-state index in [4.69, 9.17) is 11.6 Å². The number of halogens is 3. The Labute approximate surface area is 138 Å². The molecule has 0 aliphatic heterocycles. The lowest BCUT2D eigenvalue weighted by atomic mass is 10.0. The average Bonchev–Trinajstić information content (AvgIpc) is 2.75. The van der Waals surface area contributed by atoms with E-state index in [9.17, 15) is 0 Å². The van der Waals surface area contributed by atoms with Crippen molar-refractivity contribution in [3.63, 3.8) is 0 Å². The number of likely N-dealkylation sites (N-methyl/N-ethyl adjacent to an activating group) is 1. The molecular weight excluding hydrogens is 444 g/mol. The summed E-state index contributed by atoms with van der Waals surface area (Å²) >= 11 is 13.8. The maximum atomic E-state index is 6.19. The van der Waals surface area contributed by atoms with Crippen LogP contribution in [0, 0.1) is 3.57 Å². The number of nitrogens with one attached hydrogen (secondary N) is 1. The molecule has 1 aromatic heterocycles. The van der Waals surface area contributed by atoms with Gasteiger partial charge < -0.3 is 5.32 Å². The number of rotatable bonds is 4. The second kappa shape index (κ2) is 6.70. The van der Waals surface area contributed by atoms with Crippen molar-refractivity contribution >= 4 is 61.5 Å². The number of benzene rings is 1. The van der Waals surface area contributed by atoms with E-state index in [2.05, 4.69) is 67.4 Å². The standard InChI is InChI=1S/C13H12BrClINS/c1-17-12(7-13-9(14)4-5-18-13)8-2-3-11(16)10(15)6-8/h2-6,12,17H,7H2,1H3. The minimum atomic E-state index is 0.287. The molecule has 1 unspecified atom stereocenters. The quantitative estimate of drug-likeness (QED) is 0.618. The van der Waals surface area contributed by atoms with Crippen LogP contribution in [0.25, 0.3) is 0 Å². The molecule has 1 atom stereocenters. The molecule has 1 heterocycles. The lowest BCUT2D eigenvalue weighted by Crippen LogP contribution is -2.18. The van der Waals surface area contributed by atoms with Gasteiger partial charge in [-0.3, -0.25) is 0 Å². The molecule has 0 amide bonds. The number of hydrogen-bond donors (Lipinski definition) is 1. The van der Waals surface area contributed by atoms with Crippen molar-refractivity contribution in [2.45, 2.75) is 12.5 Å². The molecular formula is C13H12BrClINS. The van der Waals surface area contributed by atoms with Crippen molar-refractivity contribution in [3.05, 3.63) is 53.2 Å². The molecule has 2 rings (SSSR count). The van der Waals surface area contributed by atoms with E-state index in [-0.39, 0.29) is 6.04 Å². The third-order valence-electron chi connectivity index (χ3n) is 2.78. The molecule has 0 aliphatic rings. The lowest BCUT2D eigenvalue weighted by molar-refractivity contribution is 0.595. The molecule has 96 valence electrons. The zero-order chi connectivity index (χ0) is 13.1. The van der Waals surface area contributed by atoms with Crippen LogP contribution in [-0.4, -0.2) is 7.05 Å². The molecule has 0 radical (unpaired) electrons. The van der Waals surface area contributed by atoms with Gasteiger partial charge in [-0.15, -0.1) is 11.3 Å². The minimum Gasteiger partial charge on any atom is -0.313 e. The first-order valence-corrected chi connectivity index (χ1v) is 8.59. The zero-order valence-electron chi connectivity index (χ0n) is 9.71. The SMILES string of the molecule is CNC(Cc1sccc1Br)c1ccc(I)c(Cl)c1. The van der Waals surface area contributed by atoms with E-state index in [0.29, 0.717) is 0 Å². The highest BCUT2D eigenvalue weighted by Crippen LogP contribution is 2.30. The van der Waals surface area contributed by atoms with Crippen molar-refractivity contribution in [1.82, 2.24) is 5.32 Å². The lowest BCUT2D eigenvalue weighted by Gasteiger charge is -2.17. The van der Waals surface area contributed by atoms with Crippen LogP contribution < -0.4 is 5.32 Å². The van der Waals surface area contributed by atoms with Crippen LogP contribution in [0.2, 0.25) is 5.02 Å². The Balaban J connectivity index is 2.23. The van der Waals surface area contributed by atoms with Crippen LogP contribution in [0.3, 0.4) is 0 Å². The van der Waals surface area contributed by atoms with E-state index in [0.717, 1.165) is 15.0 Å². The molecule has 1 aromatic carbocycles. The van der Waals surface area contributed by atoms with Gasteiger partial charge in [-0.05, 0) is 74.7 Å². The van der Waals surface area contributed by atoms with Crippen LogP contribution >= 0.6 is 61.5 Å². The van der Waals surface area contributed by atoms with Crippen molar-refractivity contribution < 1.29 is 0 Å². The van der Waals surface area contributed by atoms with Crippen molar-refractivity contribution in [1.29, 1.82) is 0 Å². The van der Waals surface area contributed by atoms with Gasteiger partial charge in [-0.25, -0.2) is 0 Å². The summed E-state index contributed by atoms with van der Waals surface area (Å²) in [7, 11) is 1.98. The zero-order valence-corrected chi connectivity index (χ0v) is 15.0. The summed E-state index contributed by atoms with van der Waals surface area (Å²) in [6, 6.07) is 8.62. The first-order valence-electron chi connectivity index (χ1n) is 5.46. The molecule has 0 saturated carbocycles. The van der Waals surface area contributed by atoms with Gasteiger partial charge in [-0.1, -0.05) is 17.7 Å². The maximum absolute atomic E-state index is 6.19. The normalized spacial score (nSPS) is 12.7. The molecule has 2 aromatic rings. The van der Waals surface area contributed by atoms with Crippen molar-refractivity contribution in [2.75, 3.05) is 7.05 Å². The predicted molar refractivity (Wildman–Crippen MR) is 91.7 cm³/mol. The summed E-state index contributed by atoms with van der Waals surface area (Å²) in [4.78, 5) is 1.35. The topological polar surface area (TPSA) is 12.0 Å². The van der Waals surface area contributed by atoms with Crippen molar-refractivity contribution in [2.24, 2.45) is 0 Å². The molecule has 0 bridgehead atoms. The molecule has 18 heavy (non-hydrogen) atoms. The first kappa shape index (κ1) is 14.8. The van der Waals surface area contributed by atoms with Crippen LogP contribution in [0.4, 0.5) is 0 Å². The molecule has 0 fully saturated rings. The third kappa shape index (κ3) is 3.48. The Morgan fingerprint density at radius 3 is 2.78 bits per heavy atom. The highest BCUT2D eigenvalue weighted by atomic mass is 127. The molecule has 0 saturated heterocycles. The summed E-state index contributed by atoms with van der Waals surface area (Å²) in [5.41, 5.74) is 1.23. The smallest absolute Gasteiger partial charge is 0.0542 e. The fraction of sp³-hybridized carbons (Fsp3) is 0.231. The van der Waals surface area contributed by atoms with Gasteiger partial charge in [0.25, 0.3) is 0 Å². The van der Waals surface area contributed by atoms with Crippen molar-refractivity contribution in [3.8, 4) is 0 Å². The van der Waals surface area contributed by atoms with Gasteiger partial charge >= 0.3 is 0 Å². The molecule has 0 spiro atoms. The monoisotopic (exact) mass is 455 g/mol. The highest BCUT2D eigenvalue weighted by molar-refractivity contribution is 14.1. The Kier molecular flexibility index (Phi) is 5.50. The number of hydrogen-bond acceptors (Lipinski definition) is 2. The Bertz CT molecular complexity index is 544. The average molecular weight is 457 g/mol.